The highest BCUT2D eigenvalue weighted by atomic mass is 19.4. The van der Waals surface area contributed by atoms with Crippen LogP contribution in [0.4, 0.5) is 13.2 Å². The first-order valence-electron chi connectivity index (χ1n) is 5.21. The highest BCUT2D eigenvalue weighted by Crippen LogP contribution is 2.39. The number of halogens is 3. The number of hydrogen-bond acceptors (Lipinski definition) is 4. The predicted octanol–water partition coefficient (Wildman–Crippen LogP) is 2.76. The van der Waals surface area contributed by atoms with Gasteiger partial charge in [0.05, 0.1) is 30.9 Å². The zero-order chi connectivity index (χ0) is 14.6. The minimum absolute atomic E-state index is 0.0742. The molecule has 0 spiro atoms. The average molecular weight is 273 g/mol. The van der Waals surface area contributed by atoms with Gasteiger partial charge >= 0.3 is 12.1 Å². The Balaban J connectivity index is 3.57. The predicted molar refractivity (Wildman–Crippen MR) is 58.7 cm³/mol. The van der Waals surface area contributed by atoms with E-state index < -0.39 is 29.0 Å². The quantitative estimate of drug-likeness (QED) is 0.794. The van der Waals surface area contributed by atoms with Crippen LogP contribution in [0.15, 0.2) is 12.1 Å². The fraction of sp³-hybridized carbons (Fsp3) is 0.333. The largest absolute Gasteiger partial charge is 0.496 e. The van der Waals surface area contributed by atoms with E-state index in [4.69, 9.17) is 5.26 Å². The minimum atomic E-state index is -4.79. The zero-order valence-electron chi connectivity index (χ0n) is 10.2. The van der Waals surface area contributed by atoms with Crippen molar-refractivity contribution in [3.63, 3.8) is 0 Å². The molecule has 0 unspecified atom stereocenters. The number of nitriles is 1. The summed E-state index contributed by atoms with van der Waals surface area (Å²) in [5.41, 5.74) is -2.09. The van der Waals surface area contributed by atoms with Crippen LogP contribution in [0, 0.1) is 11.3 Å². The van der Waals surface area contributed by atoms with Gasteiger partial charge in [-0.25, -0.2) is 4.79 Å². The van der Waals surface area contributed by atoms with Gasteiger partial charge in [-0.3, -0.25) is 0 Å². The molecule has 0 fully saturated rings. The Kier molecular flexibility index (Phi) is 4.38. The van der Waals surface area contributed by atoms with Crippen LogP contribution in [0.2, 0.25) is 0 Å². The van der Waals surface area contributed by atoms with E-state index in [9.17, 15) is 18.0 Å². The van der Waals surface area contributed by atoms with Gasteiger partial charge in [0, 0.05) is 0 Å². The lowest BCUT2D eigenvalue weighted by Gasteiger charge is -2.16. The van der Waals surface area contributed by atoms with Crippen molar-refractivity contribution in [2.45, 2.75) is 13.1 Å². The van der Waals surface area contributed by atoms with Crippen molar-refractivity contribution in [2.24, 2.45) is 0 Å². The molecule has 0 amide bonds. The molecule has 102 valence electrons. The molecule has 0 bridgehead atoms. The van der Waals surface area contributed by atoms with Gasteiger partial charge < -0.3 is 9.47 Å². The summed E-state index contributed by atoms with van der Waals surface area (Å²) in [4.78, 5) is 11.6. The molecule has 0 N–H and O–H groups in total. The first-order chi connectivity index (χ1) is 8.85. The SMILES string of the molecule is CCOC(=O)c1cc(C#N)cc(OC)c1C(F)(F)F. The van der Waals surface area contributed by atoms with Crippen molar-refractivity contribution >= 4 is 5.97 Å². The summed E-state index contributed by atoms with van der Waals surface area (Å²) in [6.07, 6.45) is -4.79. The van der Waals surface area contributed by atoms with Crippen LogP contribution in [-0.2, 0) is 10.9 Å². The topological polar surface area (TPSA) is 59.3 Å². The molecule has 0 radical (unpaired) electrons. The van der Waals surface area contributed by atoms with E-state index in [1.54, 1.807) is 6.07 Å². The van der Waals surface area contributed by atoms with Crippen LogP contribution >= 0.6 is 0 Å². The van der Waals surface area contributed by atoms with E-state index in [1.807, 2.05) is 0 Å². The van der Waals surface area contributed by atoms with Crippen molar-refractivity contribution < 1.29 is 27.4 Å². The summed E-state index contributed by atoms with van der Waals surface area (Å²) in [6.45, 7) is 1.39. The van der Waals surface area contributed by atoms with Gasteiger partial charge in [0.2, 0.25) is 0 Å². The Morgan fingerprint density at radius 1 is 1.42 bits per heavy atom. The number of carbonyl (C=O) groups excluding carboxylic acids is 1. The highest BCUT2D eigenvalue weighted by Gasteiger charge is 2.39. The summed E-state index contributed by atoms with van der Waals surface area (Å²) in [5.74, 6) is -1.74. The molecule has 0 aliphatic heterocycles. The van der Waals surface area contributed by atoms with E-state index in [0.29, 0.717) is 0 Å². The van der Waals surface area contributed by atoms with Crippen molar-refractivity contribution in [3.8, 4) is 11.8 Å². The summed E-state index contributed by atoms with van der Waals surface area (Å²) < 4.78 is 48.0. The van der Waals surface area contributed by atoms with Gasteiger partial charge in [0.25, 0.3) is 0 Å². The normalized spacial score (nSPS) is 10.7. The molecular formula is C12H10F3NO3. The lowest BCUT2D eigenvalue weighted by molar-refractivity contribution is -0.139. The van der Waals surface area contributed by atoms with Crippen LogP contribution in [0.5, 0.6) is 5.75 Å². The first kappa shape index (κ1) is 14.8. The maximum Gasteiger partial charge on any atom is 0.420 e. The summed E-state index contributed by atoms with van der Waals surface area (Å²) in [5, 5.41) is 8.75. The fourth-order valence-electron chi connectivity index (χ4n) is 1.50. The molecule has 7 heteroatoms. The Hall–Kier alpha value is -2.23. The Morgan fingerprint density at radius 3 is 2.47 bits per heavy atom. The van der Waals surface area contributed by atoms with Crippen molar-refractivity contribution in [3.05, 3.63) is 28.8 Å². The first-order valence-corrected chi connectivity index (χ1v) is 5.21. The molecule has 0 heterocycles. The number of esters is 1. The maximum absolute atomic E-state index is 13.0. The molecule has 4 nitrogen and oxygen atoms in total. The zero-order valence-corrected chi connectivity index (χ0v) is 10.2. The third kappa shape index (κ3) is 3.16. The molecule has 0 atom stereocenters. The van der Waals surface area contributed by atoms with Gasteiger partial charge in [-0.1, -0.05) is 0 Å². The van der Waals surface area contributed by atoms with Crippen LogP contribution in [0.1, 0.15) is 28.4 Å². The van der Waals surface area contributed by atoms with Crippen LogP contribution < -0.4 is 4.74 Å². The number of benzene rings is 1. The van der Waals surface area contributed by atoms with E-state index in [1.165, 1.54) is 6.92 Å². The molecular weight excluding hydrogens is 263 g/mol. The second kappa shape index (κ2) is 5.61. The average Bonchev–Trinajstić information content (AvgIpc) is 2.36. The molecule has 0 aliphatic carbocycles. The molecule has 1 aromatic rings. The van der Waals surface area contributed by atoms with E-state index >= 15 is 0 Å². The smallest absolute Gasteiger partial charge is 0.420 e. The van der Waals surface area contributed by atoms with Crippen molar-refractivity contribution in [2.75, 3.05) is 13.7 Å². The molecule has 0 saturated heterocycles. The third-order valence-electron chi connectivity index (χ3n) is 2.23. The number of alkyl halides is 3. The number of carbonyl (C=O) groups is 1. The van der Waals surface area contributed by atoms with E-state index in [-0.39, 0.29) is 12.2 Å². The molecule has 1 rings (SSSR count). The number of rotatable bonds is 3. The minimum Gasteiger partial charge on any atom is -0.496 e. The monoisotopic (exact) mass is 273 g/mol. The summed E-state index contributed by atoms with van der Waals surface area (Å²) >= 11 is 0. The summed E-state index contributed by atoms with van der Waals surface area (Å²) in [6, 6.07) is 3.42. The number of ether oxygens (including phenoxy) is 2. The molecule has 1 aromatic carbocycles. The Morgan fingerprint density at radius 2 is 2.05 bits per heavy atom. The molecule has 0 saturated carbocycles. The number of methoxy groups -OCH3 is 1. The highest BCUT2D eigenvalue weighted by molar-refractivity contribution is 5.92. The molecule has 0 aliphatic rings. The standard InChI is InChI=1S/C12H10F3NO3/c1-3-19-11(17)8-4-7(6-16)5-9(18-2)10(8)12(13,14)15/h4-5H,3H2,1-2H3. The number of hydrogen-bond donors (Lipinski definition) is 0. The fourth-order valence-corrected chi connectivity index (χ4v) is 1.50. The third-order valence-corrected chi connectivity index (χ3v) is 2.23. The van der Waals surface area contributed by atoms with Gasteiger partial charge in [-0.15, -0.1) is 0 Å². The van der Waals surface area contributed by atoms with E-state index in [2.05, 4.69) is 9.47 Å². The maximum atomic E-state index is 13.0. The Labute approximate surface area is 107 Å². The second-order valence-corrected chi connectivity index (χ2v) is 3.43. The van der Waals surface area contributed by atoms with Gasteiger partial charge in [-0.05, 0) is 19.1 Å². The van der Waals surface area contributed by atoms with Crippen LogP contribution in [0.3, 0.4) is 0 Å². The lowest BCUT2D eigenvalue weighted by atomic mass is 10.0. The van der Waals surface area contributed by atoms with Gasteiger partial charge in [-0.2, -0.15) is 18.4 Å². The lowest BCUT2D eigenvalue weighted by Crippen LogP contribution is -2.17. The number of nitrogens with zero attached hydrogens (tertiary/aromatic N) is 1. The van der Waals surface area contributed by atoms with E-state index in [0.717, 1.165) is 19.2 Å². The Bertz CT molecular complexity index is 532. The van der Waals surface area contributed by atoms with Crippen LogP contribution in [-0.4, -0.2) is 19.7 Å². The second-order valence-electron chi connectivity index (χ2n) is 3.43. The van der Waals surface area contributed by atoms with Crippen molar-refractivity contribution in [1.29, 1.82) is 5.26 Å². The van der Waals surface area contributed by atoms with Gasteiger partial charge in [0.1, 0.15) is 11.3 Å². The summed E-state index contributed by atoms with van der Waals surface area (Å²) in [7, 11) is 1.03. The molecule has 19 heavy (non-hydrogen) atoms. The molecule has 0 aromatic heterocycles. The van der Waals surface area contributed by atoms with Gasteiger partial charge in [0.15, 0.2) is 0 Å². The van der Waals surface area contributed by atoms with Crippen LogP contribution in [0.25, 0.3) is 0 Å². The van der Waals surface area contributed by atoms with Crippen molar-refractivity contribution in [1.82, 2.24) is 0 Å².